The number of likely N-dealkylation sites (tertiary alicyclic amines) is 1. The predicted molar refractivity (Wildman–Crippen MR) is 236 cm³/mol. The number of fused-ring (bicyclic) bond motifs is 4. The molecule has 5 aromatic carbocycles. The van der Waals surface area contributed by atoms with Gasteiger partial charge in [-0.2, -0.15) is 13.2 Å². The van der Waals surface area contributed by atoms with Crippen molar-refractivity contribution in [3.63, 3.8) is 0 Å². The van der Waals surface area contributed by atoms with E-state index in [0.717, 1.165) is 84.4 Å². The van der Waals surface area contributed by atoms with E-state index < -0.39 is 41.0 Å². The van der Waals surface area contributed by atoms with Gasteiger partial charge in [0.15, 0.2) is 11.6 Å². The average Bonchev–Trinajstić information content (AvgIpc) is 3.74. The molecular formula is C50H47ClF6N4O2. The molecule has 0 N–H and O–H groups in total. The van der Waals surface area contributed by atoms with Crippen LogP contribution in [0.3, 0.4) is 0 Å². The molecule has 4 heterocycles. The Hall–Kier alpha value is -5.59. The molecule has 0 aliphatic carbocycles. The number of hydrogen-bond donors (Lipinski definition) is 0. The number of rotatable bonds is 5. The van der Waals surface area contributed by atoms with Gasteiger partial charge in [-0.15, -0.1) is 6.58 Å². The molecule has 2 saturated heterocycles. The van der Waals surface area contributed by atoms with Crippen LogP contribution in [0.1, 0.15) is 74.2 Å². The standard InChI is InChI=1S/C26H21ClF4N2O.C24H26F2N2O/c27-18-7-10-23-21(15-18)25(16-33(23)24(34)20-3-1-2-4-22(20)28)11-13-32(14-12-25)19-8-5-17(6-9-19)26(29,30)31;1-4-10-27-11-8-24(9-12-27)15-28(22-17(3)13-16(2)14-19(22)24)23(29)18-6-5-7-20(25)21(18)26/h1-10,15H,11-14,16H2;4-7,13-14H,1,8-12,15H2,2-3H3. The molecule has 13 heteroatoms. The Labute approximate surface area is 368 Å². The molecule has 63 heavy (non-hydrogen) atoms. The minimum absolute atomic E-state index is 0.0163. The van der Waals surface area contributed by atoms with Crippen molar-refractivity contribution in [2.45, 2.75) is 56.5 Å². The smallest absolute Gasteiger partial charge is 0.371 e. The van der Waals surface area contributed by atoms with Crippen molar-refractivity contribution >= 4 is 40.5 Å². The first-order valence-electron chi connectivity index (χ1n) is 21.0. The molecule has 6 nitrogen and oxygen atoms in total. The van der Waals surface area contributed by atoms with Gasteiger partial charge in [0.2, 0.25) is 0 Å². The van der Waals surface area contributed by atoms with Crippen molar-refractivity contribution in [2.75, 3.05) is 60.5 Å². The first kappa shape index (κ1) is 44.0. The second-order valence-corrected chi connectivity index (χ2v) is 17.6. The molecular weight excluding hydrogens is 838 g/mol. The van der Waals surface area contributed by atoms with E-state index in [1.807, 2.05) is 25.1 Å². The molecule has 0 radical (unpaired) electrons. The van der Waals surface area contributed by atoms with E-state index >= 15 is 0 Å². The Morgan fingerprint density at radius 2 is 1.32 bits per heavy atom. The monoisotopic (exact) mass is 884 g/mol. The molecule has 2 fully saturated rings. The summed E-state index contributed by atoms with van der Waals surface area (Å²) in [6, 6.07) is 24.5. The third-order valence-electron chi connectivity index (χ3n) is 13.3. The zero-order valence-corrected chi connectivity index (χ0v) is 35.8. The highest BCUT2D eigenvalue weighted by Crippen LogP contribution is 2.51. The van der Waals surface area contributed by atoms with E-state index in [-0.39, 0.29) is 22.0 Å². The van der Waals surface area contributed by atoms with E-state index in [1.54, 1.807) is 34.1 Å². The zero-order valence-electron chi connectivity index (χ0n) is 35.1. The summed E-state index contributed by atoms with van der Waals surface area (Å²) < 4.78 is 81.2. The van der Waals surface area contributed by atoms with E-state index in [9.17, 15) is 35.9 Å². The van der Waals surface area contributed by atoms with Crippen LogP contribution in [-0.2, 0) is 17.0 Å². The maximum Gasteiger partial charge on any atom is 0.416 e. The summed E-state index contributed by atoms with van der Waals surface area (Å²) >= 11 is 6.31. The van der Waals surface area contributed by atoms with Gasteiger partial charge in [-0.05, 0) is 136 Å². The van der Waals surface area contributed by atoms with Crippen molar-refractivity contribution in [3.05, 3.63) is 171 Å². The van der Waals surface area contributed by atoms with Crippen LogP contribution in [0.15, 0.2) is 110 Å². The van der Waals surface area contributed by atoms with Gasteiger partial charge in [0.05, 0.1) is 22.4 Å². The van der Waals surface area contributed by atoms with Gasteiger partial charge in [-0.3, -0.25) is 14.5 Å². The lowest BCUT2D eigenvalue weighted by molar-refractivity contribution is -0.137. The molecule has 0 unspecified atom stereocenters. The van der Waals surface area contributed by atoms with Crippen molar-refractivity contribution in [1.29, 1.82) is 0 Å². The number of amides is 2. The van der Waals surface area contributed by atoms with Crippen LogP contribution >= 0.6 is 11.6 Å². The molecule has 4 aliphatic heterocycles. The van der Waals surface area contributed by atoms with Crippen LogP contribution in [0.5, 0.6) is 0 Å². The summed E-state index contributed by atoms with van der Waals surface area (Å²) in [7, 11) is 0. The van der Waals surface area contributed by atoms with Gasteiger partial charge >= 0.3 is 6.18 Å². The van der Waals surface area contributed by atoms with E-state index in [1.165, 1.54) is 42.0 Å². The molecule has 2 amide bonds. The summed E-state index contributed by atoms with van der Waals surface area (Å²) in [5, 5.41) is 0.559. The SMILES string of the molecule is C=CCN1CCC2(CC1)CN(C(=O)c1cccc(F)c1F)c1c(C)cc(C)cc12.O=C(c1ccccc1F)N1CC2(CCN(c3ccc(C(F)(F)F)cc3)CC2)c2cc(Cl)ccc21. The number of benzene rings is 5. The van der Waals surface area contributed by atoms with Gasteiger partial charge in [-0.25, -0.2) is 13.2 Å². The molecule has 0 aromatic heterocycles. The van der Waals surface area contributed by atoms with Gasteiger partial charge in [0.25, 0.3) is 11.8 Å². The van der Waals surface area contributed by atoms with Crippen LogP contribution < -0.4 is 14.7 Å². The van der Waals surface area contributed by atoms with Gasteiger partial charge in [0.1, 0.15) is 5.82 Å². The molecule has 4 aliphatic rings. The summed E-state index contributed by atoms with van der Waals surface area (Å²) in [6.45, 7) is 12.7. The van der Waals surface area contributed by atoms with Gasteiger partial charge < -0.3 is 14.7 Å². The molecule has 0 bridgehead atoms. The summed E-state index contributed by atoms with van der Waals surface area (Å²) in [5.74, 6) is -3.51. The summed E-state index contributed by atoms with van der Waals surface area (Å²) in [6.07, 6.45) is 0.756. The third-order valence-corrected chi connectivity index (χ3v) is 13.5. The molecule has 0 saturated carbocycles. The van der Waals surface area contributed by atoms with Crippen LogP contribution in [0.4, 0.5) is 43.4 Å². The highest BCUT2D eigenvalue weighted by atomic mass is 35.5. The maximum absolute atomic E-state index is 14.4. The predicted octanol–water partition coefficient (Wildman–Crippen LogP) is 11.5. The highest BCUT2D eigenvalue weighted by Gasteiger charge is 2.49. The number of anilines is 3. The summed E-state index contributed by atoms with van der Waals surface area (Å²) in [5.41, 5.74) is 5.21. The fourth-order valence-corrected chi connectivity index (χ4v) is 10.2. The first-order valence-corrected chi connectivity index (χ1v) is 21.4. The van der Waals surface area contributed by atoms with Crippen LogP contribution in [0, 0.1) is 31.3 Å². The number of carbonyl (C=O) groups is 2. The van der Waals surface area contributed by atoms with Crippen LogP contribution in [-0.4, -0.2) is 62.5 Å². The second kappa shape index (κ2) is 17.2. The lowest BCUT2D eigenvalue weighted by atomic mass is 9.73. The first-order chi connectivity index (χ1) is 30.0. The normalized spacial score (nSPS) is 17.6. The quantitative estimate of drug-likeness (QED) is 0.130. The Kier molecular flexibility index (Phi) is 12.0. The Bertz CT molecular complexity index is 2560. The van der Waals surface area contributed by atoms with Crippen molar-refractivity contribution in [1.82, 2.24) is 4.90 Å². The minimum Gasteiger partial charge on any atom is -0.371 e. The fraction of sp³-hybridized carbons (Fsp3) is 0.320. The Morgan fingerprint density at radius 3 is 1.98 bits per heavy atom. The zero-order chi connectivity index (χ0) is 44.8. The molecule has 328 valence electrons. The topological polar surface area (TPSA) is 47.1 Å². The lowest BCUT2D eigenvalue weighted by Crippen LogP contribution is -2.46. The second-order valence-electron chi connectivity index (χ2n) is 17.2. The Morgan fingerprint density at radius 1 is 0.714 bits per heavy atom. The van der Waals surface area contributed by atoms with E-state index in [4.69, 9.17) is 11.6 Å². The number of aryl methyl sites for hydroxylation is 2. The van der Waals surface area contributed by atoms with Crippen molar-refractivity contribution < 1.29 is 35.9 Å². The number of alkyl halides is 3. The van der Waals surface area contributed by atoms with Crippen molar-refractivity contribution in [2.24, 2.45) is 0 Å². The third kappa shape index (κ3) is 8.35. The average molecular weight is 885 g/mol. The van der Waals surface area contributed by atoms with Crippen molar-refractivity contribution in [3.8, 4) is 0 Å². The van der Waals surface area contributed by atoms with Gasteiger partial charge in [0, 0.05) is 60.0 Å². The Balaban J connectivity index is 0.000000175. The number of piperidine rings is 2. The number of nitrogens with zero attached hydrogens (tertiary/aromatic N) is 4. The highest BCUT2D eigenvalue weighted by molar-refractivity contribution is 6.30. The fourth-order valence-electron chi connectivity index (χ4n) is 10.0. The maximum atomic E-state index is 14.4. The van der Waals surface area contributed by atoms with Gasteiger partial charge in [-0.1, -0.05) is 53.6 Å². The molecule has 5 aromatic rings. The molecule has 9 rings (SSSR count). The largest absolute Gasteiger partial charge is 0.416 e. The van der Waals surface area contributed by atoms with E-state index in [2.05, 4.69) is 29.4 Å². The number of hydrogen-bond acceptors (Lipinski definition) is 4. The minimum atomic E-state index is -4.37. The lowest BCUT2D eigenvalue weighted by Gasteiger charge is -2.41. The van der Waals surface area contributed by atoms with Crippen LogP contribution in [0.2, 0.25) is 5.02 Å². The van der Waals surface area contributed by atoms with E-state index in [0.29, 0.717) is 44.0 Å². The molecule has 0 atom stereocenters. The number of carbonyl (C=O) groups excluding carboxylic acids is 2. The van der Waals surface area contributed by atoms with Crippen LogP contribution in [0.25, 0.3) is 0 Å². The summed E-state index contributed by atoms with van der Waals surface area (Å²) in [4.78, 5) is 34.3. The molecule has 2 spiro atoms. The number of halogens is 7.